The number of methoxy groups -OCH3 is 1. The molecule has 1 aliphatic rings. The summed E-state index contributed by atoms with van der Waals surface area (Å²) < 4.78 is 5.19. The Morgan fingerprint density at radius 2 is 2.44 bits per heavy atom. The number of thioether (sulfide) groups is 1. The van der Waals surface area contributed by atoms with E-state index >= 15 is 0 Å². The van der Waals surface area contributed by atoms with Crippen LogP contribution < -0.4 is 10.5 Å². The molecule has 2 amide bonds. The van der Waals surface area contributed by atoms with E-state index in [1.54, 1.807) is 18.9 Å². The highest BCUT2D eigenvalue weighted by Crippen LogP contribution is 2.35. The first-order valence-corrected chi connectivity index (χ1v) is 6.64. The first kappa shape index (κ1) is 13.0. The number of benzene rings is 1. The van der Waals surface area contributed by atoms with Crippen molar-refractivity contribution in [2.75, 3.05) is 19.4 Å². The molecular weight excluding hydrogens is 252 g/mol. The number of nitrogens with zero attached hydrogens (tertiary/aromatic N) is 1. The normalized spacial score (nSPS) is 18.0. The summed E-state index contributed by atoms with van der Waals surface area (Å²) in [5.41, 5.74) is 6.19. The molecule has 98 valence electrons. The molecule has 2 rings (SSSR count). The summed E-state index contributed by atoms with van der Waals surface area (Å²) in [5, 5.41) is 9.93. The molecule has 0 spiro atoms. The van der Waals surface area contributed by atoms with Gasteiger partial charge in [0.05, 0.1) is 13.7 Å². The van der Waals surface area contributed by atoms with Crippen molar-refractivity contribution in [3.63, 3.8) is 0 Å². The fourth-order valence-electron chi connectivity index (χ4n) is 2.01. The lowest BCUT2D eigenvalue weighted by atomic mass is 10.00. The van der Waals surface area contributed by atoms with Gasteiger partial charge in [-0.2, -0.15) is 0 Å². The smallest absolute Gasteiger partial charge is 0.338 e. The first-order chi connectivity index (χ1) is 8.60. The number of fused-ring (bicyclic) bond motifs is 1. The van der Waals surface area contributed by atoms with Gasteiger partial charge in [0.15, 0.2) is 0 Å². The second-order valence-corrected chi connectivity index (χ2v) is 5.34. The first-order valence-electron chi connectivity index (χ1n) is 5.65. The minimum absolute atomic E-state index is 0.201. The van der Waals surface area contributed by atoms with E-state index in [0.29, 0.717) is 5.06 Å². The maximum absolute atomic E-state index is 10.8. The Labute approximate surface area is 110 Å². The van der Waals surface area contributed by atoms with Crippen LogP contribution in [0.3, 0.4) is 0 Å². The van der Waals surface area contributed by atoms with Gasteiger partial charge in [-0.15, -0.1) is 11.8 Å². The predicted molar refractivity (Wildman–Crippen MR) is 69.0 cm³/mol. The van der Waals surface area contributed by atoms with Gasteiger partial charge < -0.3 is 10.5 Å². The average Bonchev–Trinajstić information content (AvgIpc) is 2.37. The van der Waals surface area contributed by atoms with Gasteiger partial charge in [-0.1, -0.05) is 0 Å². The summed E-state index contributed by atoms with van der Waals surface area (Å²) in [5.74, 6) is 1.89. The second kappa shape index (κ2) is 5.49. The Kier molecular flexibility index (Phi) is 3.98. The lowest BCUT2D eigenvalue weighted by Crippen LogP contribution is -2.38. The van der Waals surface area contributed by atoms with Gasteiger partial charge in [0, 0.05) is 10.6 Å². The van der Waals surface area contributed by atoms with Crippen LogP contribution in [0.25, 0.3) is 0 Å². The summed E-state index contributed by atoms with van der Waals surface area (Å²) in [6.45, 7) is 0.263. The van der Waals surface area contributed by atoms with E-state index in [2.05, 4.69) is 0 Å². The average molecular weight is 268 g/mol. The minimum atomic E-state index is -0.809. The minimum Gasteiger partial charge on any atom is -0.497 e. The van der Waals surface area contributed by atoms with Gasteiger partial charge in [-0.3, -0.25) is 5.21 Å². The number of rotatable bonds is 3. The maximum atomic E-state index is 10.8. The van der Waals surface area contributed by atoms with Crippen molar-refractivity contribution < 1.29 is 14.7 Å². The molecule has 1 atom stereocenters. The van der Waals surface area contributed by atoms with Crippen molar-refractivity contribution >= 4 is 17.8 Å². The zero-order chi connectivity index (χ0) is 13.1. The number of hydroxylamine groups is 2. The summed E-state index contributed by atoms with van der Waals surface area (Å²) in [6.07, 6.45) is 0.809. The van der Waals surface area contributed by atoms with Gasteiger partial charge in [-0.05, 0) is 36.1 Å². The number of hydrogen-bond acceptors (Lipinski definition) is 4. The maximum Gasteiger partial charge on any atom is 0.338 e. The summed E-state index contributed by atoms with van der Waals surface area (Å²) in [7, 11) is 1.64. The molecule has 0 saturated heterocycles. The Bertz CT molecular complexity index is 453. The predicted octanol–water partition coefficient (Wildman–Crippen LogP) is 1.73. The molecule has 1 aliphatic heterocycles. The third-order valence-electron chi connectivity index (χ3n) is 2.94. The zero-order valence-corrected chi connectivity index (χ0v) is 10.9. The zero-order valence-electron chi connectivity index (χ0n) is 10.1. The number of amides is 2. The van der Waals surface area contributed by atoms with Crippen LogP contribution in [0.5, 0.6) is 5.75 Å². The Hall–Kier alpha value is -1.40. The largest absolute Gasteiger partial charge is 0.497 e. The summed E-state index contributed by atoms with van der Waals surface area (Å²) in [4.78, 5) is 12.0. The lowest BCUT2D eigenvalue weighted by Gasteiger charge is -2.26. The highest BCUT2D eigenvalue weighted by Gasteiger charge is 2.22. The van der Waals surface area contributed by atoms with E-state index in [0.717, 1.165) is 17.9 Å². The molecule has 1 aromatic rings. The third kappa shape index (κ3) is 2.88. The van der Waals surface area contributed by atoms with Gasteiger partial charge in [0.1, 0.15) is 5.75 Å². The van der Waals surface area contributed by atoms with Crippen molar-refractivity contribution in [2.45, 2.75) is 11.3 Å². The molecule has 0 aromatic heterocycles. The van der Waals surface area contributed by atoms with E-state index in [-0.39, 0.29) is 12.5 Å². The number of nitrogens with two attached hydrogens (primary N) is 1. The van der Waals surface area contributed by atoms with Crippen LogP contribution >= 0.6 is 11.8 Å². The van der Waals surface area contributed by atoms with Crippen LogP contribution in [0, 0.1) is 5.92 Å². The molecule has 1 aromatic carbocycles. The van der Waals surface area contributed by atoms with Crippen molar-refractivity contribution in [1.82, 2.24) is 5.06 Å². The molecule has 1 heterocycles. The van der Waals surface area contributed by atoms with E-state index in [1.807, 2.05) is 18.2 Å². The van der Waals surface area contributed by atoms with E-state index in [9.17, 15) is 10.0 Å². The number of urea groups is 1. The molecule has 18 heavy (non-hydrogen) atoms. The van der Waals surface area contributed by atoms with Crippen molar-refractivity contribution in [3.05, 3.63) is 23.8 Å². The number of carbonyl (C=O) groups excluding carboxylic acids is 1. The summed E-state index contributed by atoms with van der Waals surface area (Å²) >= 11 is 1.72. The van der Waals surface area contributed by atoms with Crippen molar-refractivity contribution in [2.24, 2.45) is 11.7 Å². The quantitative estimate of drug-likeness (QED) is 0.646. The molecule has 0 bridgehead atoms. The van der Waals surface area contributed by atoms with Gasteiger partial charge in [-0.25, -0.2) is 9.86 Å². The molecule has 5 nitrogen and oxygen atoms in total. The molecule has 0 radical (unpaired) electrons. The topological polar surface area (TPSA) is 75.8 Å². The third-order valence-corrected chi connectivity index (χ3v) is 4.28. The van der Waals surface area contributed by atoms with E-state index in [1.165, 1.54) is 10.5 Å². The number of hydrogen-bond donors (Lipinski definition) is 2. The van der Waals surface area contributed by atoms with Crippen molar-refractivity contribution in [1.29, 1.82) is 0 Å². The van der Waals surface area contributed by atoms with Crippen LogP contribution in [0.4, 0.5) is 4.79 Å². The monoisotopic (exact) mass is 268 g/mol. The molecular formula is C12H16N2O3S. The fourth-order valence-corrected chi connectivity index (χ4v) is 3.14. The van der Waals surface area contributed by atoms with Crippen LogP contribution in [0.2, 0.25) is 0 Å². The second-order valence-electron chi connectivity index (χ2n) is 4.28. The number of ether oxygens (including phenoxy) is 1. The van der Waals surface area contributed by atoms with Gasteiger partial charge >= 0.3 is 6.03 Å². The Morgan fingerprint density at radius 3 is 3.11 bits per heavy atom. The Balaban J connectivity index is 2.06. The van der Waals surface area contributed by atoms with Gasteiger partial charge in [0.2, 0.25) is 0 Å². The molecule has 0 fully saturated rings. The standard InChI is InChI=1S/C12H16N2O3S/c1-17-10-2-3-11-9(5-10)4-8(7-18-11)6-14(16)12(13)15/h2-3,5,8,16H,4,6-7H2,1H3,(H2,13,15). The van der Waals surface area contributed by atoms with E-state index < -0.39 is 6.03 Å². The highest BCUT2D eigenvalue weighted by molar-refractivity contribution is 7.99. The summed E-state index contributed by atoms with van der Waals surface area (Å²) in [6, 6.07) is 5.17. The van der Waals surface area contributed by atoms with Crippen LogP contribution in [-0.4, -0.2) is 35.7 Å². The van der Waals surface area contributed by atoms with Crippen LogP contribution in [-0.2, 0) is 6.42 Å². The lowest BCUT2D eigenvalue weighted by molar-refractivity contribution is -0.0486. The van der Waals surface area contributed by atoms with Gasteiger partial charge in [0.25, 0.3) is 0 Å². The SMILES string of the molecule is COc1ccc2c(c1)CC(CN(O)C(N)=O)CS2. The number of carbonyl (C=O) groups is 1. The molecule has 6 heteroatoms. The molecule has 0 saturated carbocycles. The molecule has 0 aliphatic carbocycles. The van der Waals surface area contributed by atoms with Crippen LogP contribution in [0.15, 0.2) is 23.1 Å². The number of primary amides is 1. The molecule has 1 unspecified atom stereocenters. The fraction of sp³-hybridized carbons (Fsp3) is 0.417. The van der Waals surface area contributed by atoms with Crippen LogP contribution in [0.1, 0.15) is 5.56 Å². The molecule has 3 N–H and O–H groups in total. The van der Waals surface area contributed by atoms with Crippen molar-refractivity contribution in [3.8, 4) is 5.75 Å². The Morgan fingerprint density at radius 1 is 1.67 bits per heavy atom. The highest BCUT2D eigenvalue weighted by atomic mass is 32.2. The van der Waals surface area contributed by atoms with E-state index in [4.69, 9.17) is 10.5 Å².